The number of aromatic amines is 2. The zero-order valence-electron chi connectivity index (χ0n) is 9.86. The van der Waals surface area contributed by atoms with E-state index in [1.807, 2.05) is 13.0 Å². The van der Waals surface area contributed by atoms with Gasteiger partial charge in [-0.25, -0.2) is 4.79 Å². The van der Waals surface area contributed by atoms with Gasteiger partial charge in [0, 0.05) is 11.8 Å². The summed E-state index contributed by atoms with van der Waals surface area (Å²) in [4.78, 5) is 27.9. The van der Waals surface area contributed by atoms with Crippen LogP contribution in [-0.2, 0) is 4.79 Å². The molecule has 2 aromatic rings. The molecule has 0 saturated carbocycles. The van der Waals surface area contributed by atoms with E-state index in [4.69, 9.17) is 0 Å². The molecule has 0 aliphatic carbocycles. The first-order valence-corrected chi connectivity index (χ1v) is 5.51. The predicted octanol–water partition coefficient (Wildman–Crippen LogP) is 1.93. The number of amides is 1. The smallest absolute Gasteiger partial charge is 0.322 e. The number of fused-ring (bicyclic) bond motifs is 1. The van der Waals surface area contributed by atoms with Crippen molar-refractivity contribution in [3.8, 4) is 0 Å². The van der Waals surface area contributed by atoms with E-state index in [0.717, 1.165) is 0 Å². The maximum Gasteiger partial charge on any atom is 0.323 e. The molecule has 3 N–H and O–H groups in total. The summed E-state index contributed by atoms with van der Waals surface area (Å²) in [6.45, 7) is 1.87. The molecule has 0 unspecified atom stereocenters. The van der Waals surface area contributed by atoms with Crippen molar-refractivity contribution in [3.05, 3.63) is 53.0 Å². The van der Waals surface area contributed by atoms with Gasteiger partial charge in [0.25, 0.3) is 0 Å². The molecule has 0 saturated heterocycles. The summed E-state index contributed by atoms with van der Waals surface area (Å²) in [5, 5.41) is 2.71. The second-order valence-electron chi connectivity index (χ2n) is 3.71. The molecule has 0 radical (unpaired) electrons. The number of aromatic nitrogens is 2. The Morgan fingerprint density at radius 1 is 1.22 bits per heavy atom. The Bertz CT molecular complexity index is 677. The molecule has 0 aliphatic rings. The largest absolute Gasteiger partial charge is 0.323 e. The Morgan fingerprint density at radius 2 is 2.00 bits per heavy atom. The number of hydrogen-bond acceptors (Lipinski definition) is 2. The Kier molecular flexibility index (Phi) is 3.43. The standard InChI is InChI=1S/C13H13N3O2/c1-2-3-4-5-12(17)14-9-6-7-10-11(8-9)16-13(18)15-10/h2-8H,1H3,(H,14,17)(H2,15,16,18)/b3-2+,5-4+. The lowest BCUT2D eigenvalue weighted by molar-refractivity contribution is -0.111. The molecule has 0 fully saturated rings. The van der Waals surface area contributed by atoms with Gasteiger partial charge in [0.2, 0.25) is 5.91 Å². The van der Waals surface area contributed by atoms with Crippen LogP contribution in [0, 0.1) is 0 Å². The van der Waals surface area contributed by atoms with Gasteiger partial charge in [0.15, 0.2) is 0 Å². The minimum atomic E-state index is -0.263. The molecule has 1 heterocycles. The molecule has 0 bridgehead atoms. The number of allylic oxidation sites excluding steroid dienone is 3. The highest BCUT2D eigenvalue weighted by atomic mass is 16.1. The molecule has 1 amide bonds. The number of rotatable bonds is 3. The van der Waals surface area contributed by atoms with Crippen molar-refractivity contribution in [2.24, 2.45) is 0 Å². The van der Waals surface area contributed by atoms with Gasteiger partial charge in [-0.3, -0.25) is 4.79 Å². The summed E-state index contributed by atoms with van der Waals surface area (Å²) >= 11 is 0. The topological polar surface area (TPSA) is 77.8 Å². The van der Waals surface area contributed by atoms with Crippen LogP contribution in [0.3, 0.4) is 0 Å². The van der Waals surface area contributed by atoms with Gasteiger partial charge in [0.05, 0.1) is 11.0 Å². The van der Waals surface area contributed by atoms with Crippen molar-refractivity contribution in [3.63, 3.8) is 0 Å². The van der Waals surface area contributed by atoms with Crippen LogP contribution in [0.25, 0.3) is 11.0 Å². The third-order valence-electron chi connectivity index (χ3n) is 2.33. The van der Waals surface area contributed by atoms with Crippen LogP contribution < -0.4 is 11.0 Å². The number of benzene rings is 1. The first-order chi connectivity index (χ1) is 8.69. The van der Waals surface area contributed by atoms with Gasteiger partial charge in [0.1, 0.15) is 0 Å². The van der Waals surface area contributed by atoms with E-state index in [2.05, 4.69) is 15.3 Å². The van der Waals surface area contributed by atoms with E-state index in [1.165, 1.54) is 6.08 Å². The summed E-state index contributed by atoms with van der Waals surface area (Å²) < 4.78 is 0. The quantitative estimate of drug-likeness (QED) is 0.569. The van der Waals surface area contributed by atoms with Crippen molar-refractivity contribution in [1.29, 1.82) is 0 Å². The first-order valence-electron chi connectivity index (χ1n) is 5.51. The van der Waals surface area contributed by atoms with Crippen LogP contribution >= 0.6 is 0 Å². The van der Waals surface area contributed by atoms with Gasteiger partial charge in [-0.15, -0.1) is 0 Å². The van der Waals surface area contributed by atoms with E-state index < -0.39 is 0 Å². The minimum absolute atomic E-state index is 0.217. The first kappa shape index (κ1) is 11.9. The van der Waals surface area contributed by atoms with E-state index in [0.29, 0.717) is 16.7 Å². The monoisotopic (exact) mass is 243 g/mol. The van der Waals surface area contributed by atoms with Gasteiger partial charge in [-0.2, -0.15) is 0 Å². The molecule has 5 nitrogen and oxygen atoms in total. The number of H-pyrrole nitrogens is 2. The second-order valence-corrected chi connectivity index (χ2v) is 3.71. The molecule has 5 heteroatoms. The third-order valence-corrected chi connectivity index (χ3v) is 2.33. The van der Waals surface area contributed by atoms with Crippen molar-refractivity contribution in [2.75, 3.05) is 5.32 Å². The minimum Gasteiger partial charge on any atom is -0.322 e. The van der Waals surface area contributed by atoms with Crippen LogP contribution in [0.1, 0.15) is 6.92 Å². The zero-order chi connectivity index (χ0) is 13.0. The fraction of sp³-hybridized carbons (Fsp3) is 0.0769. The average Bonchev–Trinajstić information content (AvgIpc) is 2.69. The number of anilines is 1. The molecule has 0 aliphatic heterocycles. The summed E-state index contributed by atoms with van der Waals surface area (Å²) in [5.41, 5.74) is 1.74. The fourth-order valence-corrected chi connectivity index (χ4v) is 1.55. The van der Waals surface area contributed by atoms with Crippen LogP contribution in [-0.4, -0.2) is 15.9 Å². The van der Waals surface area contributed by atoms with Gasteiger partial charge >= 0.3 is 5.69 Å². The van der Waals surface area contributed by atoms with Crippen LogP contribution in [0.2, 0.25) is 0 Å². The highest BCUT2D eigenvalue weighted by molar-refractivity contribution is 6.00. The van der Waals surface area contributed by atoms with Gasteiger partial charge in [-0.05, 0) is 25.1 Å². The van der Waals surface area contributed by atoms with Gasteiger partial charge < -0.3 is 15.3 Å². The summed E-state index contributed by atoms with van der Waals surface area (Å²) in [6, 6.07) is 5.17. The van der Waals surface area contributed by atoms with Crippen molar-refractivity contribution < 1.29 is 4.79 Å². The molecular weight excluding hydrogens is 230 g/mol. The number of carbonyl (C=O) groups excluding carboxylic acids is 1. The SMILES string of the molecule is C/C=C/C=C/C(=O)Nc1ccc2[nH]c(=O)[nH]c2c1. The summed E-state index contributed by atoms with van der Waals surface area (Å²) in [6.07, 6.45) is 6.70. The lowest BCUT2D eigenvalue weighted by atomic mass is 10.2. The molecule has 0 atom stereocenters. The Balaban J connectivity index is 2.16. The van der Waals surface area contributed by atoms with Crippen LogP contribution in [0.4, 0.5) is 5.69 Å². The maximum atomic E-state index is 11.5. The van der Waals surface area contributed by atoms with E-state index in [1.54, 1.807) is 30.4 Å². The normalized spacial score (nSPS) is 11.6. The van der Waals surface area contributed by atoms with Crippen molar-refractivity contribution in [1.82, 2.24) is 9.97 Å². The van der Waals surface area contributed by atoms with Crippen LogP contribution in [0.5, 0.6) is 0 Å². The summed E-state index contributed by atoms with van der Waals surface area (Å²) in [5.74, 6) is -0.217. The molecular formula is C13H13N3O2. The van der Waals surface area contributed by atoms with E-state index >= 15 is 0 Å². The third kappa shape index (κ3) is 2.76. The molecule has 1 aromatic carbocycles. The van der Waals surface area contributed by atoms with Crippen molar-refractivity contribution in [2.45, 2.75) is 6.92 Å². The Labute approximate surface area is 103 Å². The number of imidazole rings is 1. The van der Waals surface area contributed by atoms with E-state index in [9.17, 15) is 9.59 Å². The van der Waals surface area contributed by atoms with Crippen LogP contribution in [0.15, 0.2) is 47.3 Å². The molecule has 1 aromatic heterocycles. The lowest BCUT2D eigenvalue weighted by Gasteiger charge is -2.01. The van der Waals surface area contributed by atoms with E-state index in [-0.39, 0.29) is 11.6 Å². The maximum absolute atomic E-state index is 11.5. The lowest BCUT2D eigenvalue weighted by Crippen LogP contribution is -2.07. The Hall–Kier alpha value is -2.56. The molecule has 18 heavy (non-hydrogen) atoms. The van der Waals surface area contributed by atoms with Gasteiger partial charge in [-0.1, -0.05) is 18.2 Å². The number of nitrogens with one attached hydrogen (secondary N) is 3. The highest BCUT2D eigenvalue weighted by Crippen LogP contribution is 2.14. The molecule has 2 rings (SSSR count). The number of hydrogen-bond donors (Lipinski definition) is 3. The number of carbonyl (C=O) groups is 1. The molecule has 0 spiro atoms. The highest BCUT2D eigenvalue weighted by Gasteiger charge is 2.01. The summed E-state index contributed by atoms with van der Waals surface area (Å²) in [7, 11) is 0. The fourth-order valence-electron chi connectivity index (χ4n) is 1.55. The molecule has 92 valence electrons. The average molecular weight is 243 g/mol. The zero-order valence-corrected chi connectivity index (χ0v) is 9.86. The Morgan fingerprint density at radius 3 is 2.78 bits per heavy atom. The predicted molar refractivity (Wildman–Crippen MR) is 71.5 cm³/mol. The van der Waals surface area contributed by atoms with Crippen molar-refractivity contribution >= 4 is 22.6 Å². The second kappa shape index (κ2) is 5.18.